The van der Waals surface area contributed by atoms with E-state index in [-0.39, 0.29) is 23.1 Å². The van der Waals surface area contributed by atoms with E-state index in [1.165, 1.54) is 29.5 Å². The van der Waals surface area contributed by atoms with Gasteiger partial charge in [-0.25, -0.2) is 36.5 Å². The van der Waals surface area contributed by atoms with Crippen molar-refractivity contribution in [2.24, 2.45) is 0 Å². The molecule has 1 fully saturated rings. The van der Waals surface area contributed by atoms with Gasteiger partial charge in [-0.15, -0.1) is 11.3 Å². The van der Waals surface area contributed by atoms with Gasteiger partial charge in [-0.1, -0.05) is 19.9 Å². The molecule has 9 nitrogen and oxygen atoms in total. The molecule has 1 amide bonds. The van der Waals surface area contributed by atoms with Crippen molar-refractivity contribution in [1.29, 1.82) is 0 Å². The molecule has 0 unspecified atom stereocenters. The predicted molar refractivity (Wildman–Crippen MR) is 154 cm³/mol. The molecule has 1 saturated heterocycles. The van der Waals surface area contributed by atoms with Gasteiger partial charge in [0, 0.05) is 43.7 Å². The maximum Gasteiger partial charge on any atom is 0.265 e. The predicted octanol–water partition coefficient (Wildman–Crippen LogP) is 5.64. The highest BCUT2D eigenvalue weighted by molar-refractivity contribution is 7.92. The molecule has 0 aliphatic carbocycles. The molecule has 0 bridgehead atoms. The number of likely N-dealkylation sites (tertiary alicyclic amines) is 1. The summed E-state index contributed by atoms with van der Waals surface area (Å²) in [4.78, 5) is 26.7. The van der Waals surface area contributed by atoms with Crippen LogP contribution in [-0.2, 0) is 14.8 Å². The van der Waals surface area contributed by atoms with Crippen molar-refractivity contribution >= 4 is 38.9 Å². The Bertz CT molecular complexity index is 1750. The van der Waals surface area contributed by atoms with Gasteiger partial charge in [0.1, 0.15) is 16.5 Å². The molecule has 0 spiro atoms. The van der Waals surface area contributed by atoms with Crippen LogP contribution in [0.3, 0.4) is 0 Å². The lowest BCUT2D eigenvalue weighted by atomic mass is 10.1. The van der Waals surface area contributed by atoms with Crippen LogP contribution in [0.2, 0.25) is 0 Å². The fourth-order valence-electron chi connectivity index (χ4n) is 4.43. The summed E-state index contributed by atoms with van der Waals surface area (Å²) in [6, 6.07) is 7.72. The van der Waals surface area contributed by atoms with E-state index in [9.17, 15) is 22.0 Å². The van der Waals surface area contributed by atoms with Crippen molar-refractivity contribution in [2.75, 3.05) is 29.7 Å². The molecule has 14 heteroatoms. The average Bonchev–Trinajstić information content (AvgIpc) is 3.58. The minimum absolute atomic E-state index is 0.000583. The zero-order valence-corrected chi connectivity index (χ0v) is 24.3. The molecule has 2 aromatic heterocycles. The Morgan fingerprint density at radius 2 is 1.90 bits per heavy atom. The van der Waals surface area contributed by atoms with Crippen LogP contribution in [0, 0.1) is 17.5 Å². The SMILES string of the molecule is CC(C)c1nc(-c2cccc(NS(=O)(=O)c3cc(F)ccc3F)c2F)c(-c2ccnc(NCCN3CCCC3=O)n2)s1. The van der Waals surface area contributed by atoms with E-state index in [0.717, 1.165) is 19.0 Å². The van der Waals surface area contributed by atoms with E-state index in [2.05, 4.69) is 20.3 Å². The maximum absolute atomic E-state index is 15.9. The summed E-state index contributed by atoms with van der Waals surface area (Å²) in [6.45, 7) is 5.57. The number of thiazole rings is 1. The largest absolute Gasteiger partial charge is 0.352 e. The Morgan fingerprint density at radius 3 is 2.64 bits per heavy atom. The molecule has 0 radical (unpaired) electrons. The number of carbonyl (C=O) groups excluding carboxylic acids is 1. The molecule has 2 aromatic carbocycles. The molecular formula is C28H27F3N6O3S2. The summed E-state index contributed by atoms with van der Waals surface area (Å²) < 4.78 is 71.5. The lowest BCUT2D eigenvalue weighted by Crippen LogP contribution is -2.30. The average molecular weight is 617 g/mol. The summed E-state index contributed by atoms with van der Waals surface area (Å²) in [6.07, 6.45) is 2.95. The summed E-state index contributed by atoms with van der Waals surface area (Å²) >= 11 is 1.32. The van der Waals surface area contributed by atoms with Crippen LogP contribution in [0.4, 0.5) is 24.8 Å². The standard InChI is InChI=1S/C28H27F3N6O3S2/c1-16(2)27-35-25(26(41-27)21-10-11-32-28(34-21)33-12-14-37-13-4-7-23(37)38)18-5-3-6-20(24(18)31)36-42(39,40)22-15-17(29)8-9-19(22)30/h3,5-6,8-11,15-16,36H,4,7,12-14H2,1-2H3,(H,32,33,34). The van der Waals surface area contributed by atoms with Crippen LogP contribution >= 0.6 is 11.3 Å². The Morgan fingerprint density at radius 1 is 1.10 bits per heavy atom. The van der Waals surface area contributed by atoms with Crippen molar-refractivity contribution in [3.8, 4) is 21.8 Å². The molecule has 5 rings (SSSR count). The van der Waals surface area contributed by atoms with E-state index in [1.807, 2.05) is 18.6 Å². The first-order chi connectivity index (χ1) is 20.0. The number of nitrogens with zero attached hydrogens (tertiary/aromatic N) is 4. The number of carbonyl (C=O) groups is 1. The number of hydrogen-bond donors (Lipinski definition) is 2. The lowest BCUT2D eigenvalue weighted by Gasteiger charge is -2.15. The van der Waals surface area contributed by atoms with E-state index in [4.69, 9.17) is 0 Å². The van der Waals surface area contributed by atoms with Crippen molar-refractivity contribution in [3.05, 3.63) is 71.1 Å². The lowest BCUT2D eigenvalue weighted by molar-refractivity contribution is -0.127. The Kier molecular flexibility index (Phi) is 8.45. The van der Waals surface area contributed by atoms with Gasteiger partial charge in [0.25, 0.3) is 10.0 Å². The normalized spacial score (nSPS) is 13.7. The topological polar surface area (TPSA) is 117 Å². The summed E-state index contributed by atoms with van der Waals surface area (Å²) in [5.41, 5.74) is 0.249. The maximum atomic E-state index is 15.9. The fourth-order valence-corrected chi connectivity index (χ4v) is 6.63. The van der Waals surface area contributed by atoms with Gasteiger partial charge in [0.05, 0.1) is 27.0 Å². The molecule has 3 heterocycles. The quantitative estimate of drug-likeness (QED) is 0.237. The Balaban J connectivity index is 1.46. The zero-order chi connectivity index (χ0) is 30.0. The Hall–Kier alpha value is -4.04. The second kappa shape index (κ2) is 12.1. The second-order valence-corrected chi connectivity index (χ2v) is 12.6. The van der Waals surface area contributed by atoms with Crippen LogP contribution in [0.25, 0.3) is 21.8 Å². The van der Waals surface area contributed by atoms with Crippen LogP contribution in [-0.4, -0.2) is 53.8 Å². The number of benzene rings is 2. The first-order valence-corrected chi connectivity index (χ1v) is 15.5. The summed E-state index contributed by atoms with van der Waals surface area (Å²) in [7, 11) is -4.66. The van der Waals surface area contributed by atoms with Crippen LogP contribution < -0.4 is 10.0 Å². The molecular weight excluding hydrogens is 589 g/mol. The molecule has 4 aromatic rings. The van der Waals surface area contributed by atoms with Crippen LogP contribution in [0.1, 0.15) is 37.6 Å². The highest BCUT2D eigenvalue weighted by Gasteiger charge is 2.26. The first kappa shape index (κ1) is 29.5. The van der Waals surface area contributed by atoms with Crippen molar-refractivity contribution < 1.29 is 26.4 Å². The van der Waals surface area contributed by atoms with Gasteiger partial charge in [-0.2, -0.15) is 0 Å². The van der Waals surface area contributed by atoms with Crippen molar-refractivity contribution in [1.82, 2.24) is 19.9 Å². The monoisotopic (exact) mass is 616 g/mol. The Labute approximate surface area is 244 Å². The molecule has 1 aliphatic rings. The van der Waals surface area contributed by atoms with Gasteiger partial charge in [0.15, 0.2) is 5.82 Å². The van der Waals surface area contributed by atoms with Gasteiger partial charge in [0.2, 0.25) is 11.9 Å². The number of nitrogens with one attached hydrogen (secondary N) is 2. The van der Waals surface area contributed by atoms with Gasteiger partial charge in [-0.3, -0.25) is 9.52 Å². The number of hydrogen-bond acceptors (Lipinski definition) is 8. The molecule has 1 aliphatic heterocycles. The highest BCUT2D eigenvalue weighted by Crippen LogP contribution is 2.40. The smallest absolute Gasteiger partial charge is 0.265 e. The molecule has 42 heavy (non-hydrogen) atoms. The molecule has 220 valence electrons. The highest BCUT2D eigenvalue weighted by atomic mass is 32.2. The summed E-state index contributed by atoms with van der Waals surface area (Å²) in [5, 5.41) is 3.82. The van der Waals surface area contributed by atoms with Gasteiger partial charge in [-0.05, 0) is 42.8 Å². The van der Waals surface area contributed by atoms with Crippen molar-refractivity contribution in [2.45, 2.75) is 37.5 Å². The molecule has 0 saturated carbocycles. The minimum Gasteiger partial charge on any atom is -0.352 e. The molecule has 0 atom stereocenters. The van der Waals surface area contributed by atoms with E-state index in [0.29, 0.717) is 53.2 Å². The molecule has 2 N–H and O–H groups in total. The van der Waals surface area contributed by atoms with Crippen LogP contribution in [0.15, 0.2) is 53.6 Å². The number of anilines is 2. The first-order valence-electron chi connectivity index (χ1n) is 13.2. The van der Waals surface area contributed by atoms with E-state index >= 15 is 4.39 Å². The fraction of sp³-hybridized carbons (Fsp3) is 0.286. The van der Waals surface area contributed by atoms with Crippen molar-refractivity contribution in [3.63, 3.8) is 0 Å². The number of rotatable bonds is 10. The third-order valence-corrected chi connectivity index (χ3v) is 9.30. The number of amides is 1. The zero-order valence-electron chi connectivity index (χ0n) is 22.7. The van der Waals surface area contributed by atoms with Gasteiger partial charge < -0.3 is 10.2 Å². The number of sulfonamides is 1. The third-order valence-electron chi connectivity index (χ3n) is 6.54. The second-order valence-electron chi connectivity index (χ2n) is 9.91. The number of aromatic nitrogens is 3. The number of halogens is 3. The van der Waals surface area contributed by atoms with E-state index < -0.39 is 38.1 Å². The minimum atomic E-state index is -4.66. The van der Waals surface area contributed by atoms with E-state index in [1.54, 1.807) is 17.2 Å². The summed E-state index contributed by atoms with van der Waals surface area (Å²) in [5.74, 6) is -2.63. The van der Waals surface area contributed by atoms with Gasteiger partial charge >= 0.3 is 0 Å². The third kappa shape index (κ3) is 6.23. The van der Waals surface area contributed by atoms with Crippen LogP contribution in [0.5, 0.6) is 0 Å².